The second kappa shape index (κ2) is 3.52. The molecule has 80 valence electrons. The van der Waals surface area contributed by atoms with Gasteiger partial charge in [-0.1, -0.05) is 5.17 Å². The molecular formula is C6H13N5O3. The van der Waals surface area contributed by atoms with Gasteiger partial charge in [-0.2, -0.15) is 0 Å². The summed E-state index contributed by atoms with van der Waals surface area (Å²) in [5, 5.41) is 30.4. The summed E-state index contributed by atoms with van der Waals surface area (Å²) in [6.07, 6.45) is 0. The summed E-state index contributed by atoms with van der Waals surface area (Å²) in [7, 11) is 0. The molecule has 14 heavy (non-hydrogen) atoms. The zero-order valence-corrected chi connectivity index (χ0v) is 7.60. The highest BCUT2D eigenvalue weighted by molar-refractivity contribution is 5.33. The second-order valence-electron chi connectivity index (χ2n) is 2.61. The molecule has 0 aromatic rings. The third-order valence-electron chi connectivity index (χ3n) is 1.70. The van der Waals surface area contributed by atoms with Gasteiger partial charge in [0.15, 0.2) is 5.82 Å². The van der Waals surface area contributed by atoms with Crippen LogP contribution in [0.1, 0.15) is 6.92 Å². The Morgan fingerprint density at radius 1 is 1.29 bits per heavy atom. The topological polar surface area (TPSA) is 131 Å². The van der Waals surface area contributed by atoms with Crippen molar-refractivity contribution in [1.29, 1.82) is 0 Å². The first kappa shape index (κ1) is 10.3. The van der Waals surface area contributed by atoms with Crippen LogP contribution in [0.2, 0.25) is 0 Å². The molecule has 0 unspecified atom stereocenters. The fourth-order valence-corrected chi connectivity index (χ4v) is 1.01. The van der Waals surface area contributed by atoms with E-state index in [1.807, 2.05) is 0 Å². The first-order valence-corrected chi connectivity index (χ1v) is 3.91. The molecule has 0 aromatic carbocycles. The zero-order valence-electron chi connectivity index (χ0n) is 7.60. The maximum atomic E-state index is 9.23. The number of aliphatic hydroxyl groups is 1. The van der Waals surface area contributed by atoms with E-state index >= 15 is 0 Å². The van der Waals surface area contributed by atoms with Crippen LogP contribution in [0.15, 0.2) is 23.1 Å². The van der Waals surface area contributed by atoms with Gasteiger partial charge in [0.05, 0.1) is 0 Å². The highest BCUT2D eigenvalue weighted by atomic mass is 16.7. The maximum absolute atomic E-state index is 9.23. The fraction of sp³-hybridized carbons (Fsp3) is 0.333. The largest absolute Gasteiger partial charge is 0.490 e. The predicted octanol–water partition coefficient (Wildman–Crippen LogP) is -1.28. The van der Waals surface area contributed by atoms with Crippen molar-refractivity contribution >= 4 is 0 Å². The zero-order chi connectivity index (χ0) is 10.9. The molecule has 0 bridgehead atoms. The van der Waals surface area contributed by atoms with E-state index in [0.717, 1.165) is 0 Å². The summed E-state index contributed by atoms with van der Waals surface area (Å²) in [5.41, 5.74) is 10.9. The van der Waals surface area contributed by atoms with Crippen molar-refractivity contribution in [2.75, 3.05) is 6.54 Å². The minimum Gasteiger partial charge on any atom is -0.490 e. The standard InChI is InChI=1S/C6H13N5O3/c1-2-9-4-3(7)6(12)11(14)10(13)5(4)8/h9,12-14H,2,7-8H2,1H3. The molecule has 0 spiro atoms. The molecular weight excluding hydrogens is 190 g/mol. The van der Waals surface area contributed by atoms with Crippen LogP contribution < -0.4 is 16.8 Å². The van der Waals surface area contributed by atoms with E-state index in [-0.39, 0.29) is 27.6 Å². The Morgan fingerprint density at radius 2 is 1.86 bits per heavy atom. The first-order valence-electron chi connectivity index (χ1n) is 3.91. The minimum absolute atomic E-state index is 0.0332. The molecule has 1 aliphatic heterocycles. The number of hydrogen-bond acceptors (Lipinski definition) is 8. The Hall–Kier alpha value is -1.80. The SMILES string of the molecule is CCNC1=C(N)N(O)N(O)C(O)=C1N. The molecule has 0 fully saturated rings. The van der Waals surface area contributed by atoms with Crippen LogP contribution in [0, 0.1) is 0 Å². The van der Waals surface area contributed by atoms with Crippen molar-refractivity contribution in [3.05, 3.63) is 23.1 Å². The molecule has 0 saturated carbocycles. The number of hydrogen-bond donors (Lipinski definition) is 6. The molecule has 0 radical (unpaired) electrons. The number of nitrogens with two attached hydrogens (primary N) is 2. The van der Waals surface area contributed by atoms with Crippen LogP contribution in [0.25, 0.3) is 0 Å². The Morgan fingerprint density at radius 3 is 2.36 bits per heavy atom. The number of nitrogens with zero attached hydrogens (tertiary/aromatic N) is 2. The smallest absolute Gasteiger partial charge is 0.261 e. The lowest BCUT2D eigenvalue weighted by atomic mass is 10.3. The van der Waals surface area contributed by atoms with E-state index in [9.17, 15) is 5.11 Å². The summed E-state index contributed by atoms with van der Waals surface area (Å²) in [5.74, 6) is -0.901. The van der Waals surface area contributed by atoms with Gasteiger partial charge in [-0.25, -0.2) is 0 Å². The van der Waals surface area contributed by atoms with Gasteiger partial charge in [0, 0.05) is 6.54 Å². The van der Waals surface area contributed by atoms with Crippen LogP contribution in [0.4, 0.5) is 0 Å². The van der Waals surface area contributed by atoms with Gasteiger partial charge in [-0.15, -0.1) is 5.17 Å². The molecule has 1 heterocycles. The average molecular weight is 203 g/mol. The number of hydrazine groups is 1. The van der Waals surface area contributed by atoms with Gasteiger partial charge in [0.2, 0.25) is 0 Å². The first-order chi connectivity index (χ1) is 6.50. The van der Waals surface area contributed by atoms with Crippen molar-refractivity contribution in [2.24, 2.45) is 11.5 Å². The van der Waals surface area contributed by atoms with Crippen molar-refractivity contribution in [1.82, 2.24) is 15.7 Å². The number of aliphatic hydroxyl groups excluding tert-OH is 1. The van der Waals surface area contributed by atoms with Gasteiger partial charge >= 0.3 is 0 Å². The summed E-state index contributed by atoms with van der Waals surface area (Å²) < 4.78 is 0. The van der Waals surface area contributed by atoms with Crippen molar-refractivity contribution < 1.29 is 15.5 Å². The number of nitrogens with one attached hydrogen (secondary N) is 1. The lowest BCUT2D eigenvalue weighted by Crippen LogP contribution is -2.46. The molecule has 8 N–H and O–H groups in total. The molecule has 1 rings (SSSR count). The number of rotatable bonds is 2. The monoisotopic (exact) mass is 203 g/mol. The van der Waals surface area contributed by atoms with E-state index in [0.29, 0.717) is 6.54 Å². The fourth-order valence-electron chi connectivity index (χ4n) is 1.01. The number of hydroxylamine groups is 2. The van der Waals surface area contributed by atoms with Crippen LogP contribution in [0.5, 0.6) is 0 Å². The Kier molecular flexibility index (Phi) is 2.58. The highest BCUT2D eigenvalue weighted by Gasteiger charge is 2.28. The van der Waals surface area contributed by atoms with Gasteiger partial charge < -0.3 is 21.9 Å². The van der Waals surface area contributed by atoms with Crippen LogP contribution >= 0.6 is 0 Å². The van der Waals surface area contributed by atoms with Gasteiger partial charge in [0.25, 0.3) is 5.88 Å². The summed E-state index contributed by atoms with van der Waals surface area (Å²) in [6.45, 7) is 2.29. The van der Waals surface area contributed by atoms with Crippen LogP contribution in [-0.2, 0) is 0 Å². The third-order valence-corrected chi connectivity index (χ3v) is 1.70. The lowest BCUT2D eigenvalue weighted by molar-refractivity contribution is -0.346. The van der Waals surface area contributed by atoms with Crippen LogP contribution in [-0.4, -0.2) is 32.4 Å². The molecule has 8 heteroatoms. The van der Waals surface area contributed by atoms with Gasteiger partial charge in [-0.05, 0) is 6.92 Å². The molecule has 0 saturated heterocycles. The summed E-state index contributed by atoms with van der Waals surface area (Å²) in [4.78, 5) is 0. The molecule has 0 atom stereocenters. The number of likely N-dealkylation sites (N-methyl/N-ethyl adjacent to an activating group) is 1. The van der Waals surface area contributed by atoms with Gasteiger partial charge in [0.1, 0.15) is 11.4 Å². The maximum Gasteiger partial charge on any atom is 0.261 e. The lowest BCUT2D eigenvalue weighted by Gasteiger charge is -2.31. The average Bonchev–Trinajstić information content (AvgIpc) is 2.19. The Balaban J connectivity index is 3.11. The van der Waals surface area contributed by atoms with E-state index in [2.05, 4.69) is 5.32 Å². The molecule has 8 nitrogen and oxygen atoms in total. The van der Waals surface area contributed by atoms with Crippen LogP contribution in [0.3, 0.4) is 0 Å². The predicted molar refractivity (Wildman–Crippen MR) is 46.0 cm³/mol. The van der Waals surface area contributed by atoms with E-state index in [4.69, 9.17) is 21.9 Å². The second-order valence-corrected chi connectivity index (χ2v) is 2.61. The Bertz CT molecular complexity index is 300. The van der Waals surface area contributed by atoms with Crippen molar-refractivity contribution in [3.8, 4) is 0 Å². The minimum atomic E-state index is -0.697. The molecule has 0 aromatic heterocycles. The van der Waals surface area contributed by atoms with Gasteiger partial charge in [-0.3, -0.25) is 10.4 Å². The van der Waals surface area contributed by atoms with E-state index < -0.39 is 5.88 Å². The molecule has 0 aliphatic carbocycles. The van der Waals surface area contributed by atoms with Crippen molar-refractivity contribution in [3.63, 3.8) is 0 Å². The van der Waals surface area contributed by atoms with E-state index in [1.165, 1.54) is 0 Å². The quantitative estimate of drug-likeness (QED) is 0.327. The normalized spacial score (nSPS) is 17.9. The Labute approximate surface area is 80.2 Å². The van der Waals surface area contributed by atoms with Crippen molar-refractivity contribution in [2.45, 2.75) is 6.92 Å². The molecule has 0 amide bonds. The summed E-state index contributed by atoms with van der Waals surface area (Å²) >= 11 is 0. The molecule has 1 aliphatic rings. The third kappa shape index (κ3) is 1.36. The van der Waals surface area contributed by atoms with E-state index in [1.54, 1.807) is 6.92 Å². The summed E-state index contributed by atoms with van der Waals surface area (Å²) in [6, 6.07) is 0. The highest BCUT2D eigenvalue weighted by Crippen LogP contribution is 2.19.